The van der Waals surface area contributed by atoms with Crippen LogP contribution in [0.2, 0.25) is 0 Å². The number of rotatable bonds is 2. The number of furan rings is 1. The predicted molar refractivity (Wildman–Crippen MR) is 72.4 cm³/mol. The van der Waals surface area contributed by atoms with Crippen LogP contribution in [0.15, 0.2) is 59.0 Å². The highest BCUT2D eigenvalue weighted by Crippen LogP contribution is 2.21. The third-order valence-electron chi connectivity index (χ3n) is 2.83. The molecule has 0 aliphatic heterocycles. The molecule has 0 atom stereocenters. The van der Waals surface area contributed by atoms with E-state index in [0.29, 0.717) is 11.3 Å². The van der Waals surface area contributed by atoms with Crippen molar-refractivity contribution in [2.75, 3.05) is 0 Å². The van der Waals surface area contributed by atoms with Crippen molar-refractivity contribution in [3.8, 4) is 5.75 Å². The molecule has 94 valence electrons. The second-order valence-electron chi connectivity index (χ2n) is 4.35. The third-order valence-corrected chi connectivity index (χ3v) is 2.83. The summed E-state index contributed by atoms with van der Waals surface area (Å²) in [5.74, 6) is 0.245. The van der Waals surface area contributed by atoms with E-state index in [1.807, 2.05) is 43.3 Å². The van der Waals surface area contributed by atoms with E-state index in [4.69, 9.17) is 9.15 Å². The highest BCUT2D eigenvalue weighted by Gasteiger charge is 2.14. The van der Waals surface area contributed by atoms with Crippen molar-refractivity contribution in [1.82, 2.24) is 0 Å². The highest BCUT2D eigenvalue weighted by atomic mass is 16.5. The minimum absolute atomic E-state index is 0.211. The average molecular weight is 252 g/mol. The van der Waals surface area contributed by atoms with Crippen LogP contribution in [0.5, 0.6) is 5.75 Å². The molecular formula is C16H12O3. The van der Waals surface area contributed by atoms with Gasteiger partial charge in [0, 0.05) is 5.39 Å². The Hall–Kier alpha value is -2.55. The Morgan fingerprint density at radius 2 is 1.89 bits per heavy atom. The molecule has 0 amide bonds. The molecule has 1 heterocycles. The second-order valence-corrected chi connectivity index (χ2v) is 4.35. The van der Waals surface area contributed by atoms with Gasteiger partial charge in [-0.05, 0) is 36.8 Å². The highest BCUT2D eigenvalue weighted by molar-refractivity contribution is 5.93. The predicted octanol–water partition coefficient (Wildman–Crippen LogP) is 3.96. The number of ether oxygens (including phenoxy) is 1. The topological polar surface area (TPSA) is 39.4 Å². The van der Waals surface area contributed by atoms with Crippen molar-refractivity contribution >= 4 is 16.9 Å². The summed E-state index contributed by atoms with van der Waals surface area (Å²) in [4.78, 5) is 12.0. The van der Waals surface area contributed by atoms with Gasteiger partial charge in [-0.3, -0.25) is 0 Å². The van der Waals surface area contributed by atoms with Crippen LogP contribution in [0.3, 0.4) is 0 Å². The molecule has 2 aromatic carbocycles. The number of fused-ring (bicyclic) bond motifs is 1. The number of esters is 1. The summed E-state index contributed by atoms with van der Waals surface area (Å²) in [5.41, 5.74) is 1.72. The molecule has 0 unspecified atom stereocenters. The Balaban J connectivity index is 1.87. The smallest absolute Gasteiger partial charge is 0.379 e. The van der Waals surface area contributed by atoms with E-state index >= 15 is 0 Å². The van der Waals surface area contributed by atoms with Gasteiger partial charge >= 0.3 is 5.97 Å². The average Bonchev–Trinajstić information content (AvgIpc) is 2.82. The zero-order valence-electron chi connectivity index (χ0n) is 10.4. The molecule has 0 fully saturated rings. The van der Waals surface area contributed by atoms with Gasteiger partial charge < -0.3 is 9.15 Å². The monoisotopic (exact) mass is 252 g/mol. The third kappa shape index (κ3) is 2.36. The summed E-state index contributed by atoms with van der Waals surface area (Å²) in [5, 5.41) is 0.888. The Morgan fingerprint density at radius 1 is 1.05 bits per heavy atom. The summed E-state index contributed by atoms with van der Waals surface area (Å²) in [6.07, 6.45) is 0. The van der Waals surface area contributed by atoms with Crippen molar-refractivity contribution in [2.45, 2.75) is 6.92 Å². The molecule has 3 nitrogen and oxygen atoms in total. The van der Waals surface area contributed by atoms with Gasteiger partial charge in [0.15, 0.2) is 0 Å². The van der Waals surface area contributed by atoms with Crippen LogP contribution in [0, 0.1) is 6.92 Å². The molecule has 1 aromatic heterocycles. The molecule has 0 radical (unpaired) electrons. The summed E-state index contributed by atoms with van der Waals surface area (Å²) >= 11 is 0. The van der Waals surface area contributed by atoms with Crippen molar-refractivity contribution < 1.29 is 13.9 Å². The second kappa shape index (κ2) is 4.61. The van der Waals surface area contributed by atoms with Gasteiger partial charge in [-0.1, -0.05) is 30.3 Å². The van der Waals surface area contributed by atoms with Gasteiger partial charge in [-0.2, -0.15) is 0 Å². The van der Waals surface area contributed by atoms with Crippen molar-refractivity contribution in [3.63, 3.8) is 0 Å². The van der Waals surface area contributed by atoms with Gasteiger partial charge in [0.1, 0.15) is 11.3 Å². The van der Waals surface area contributed by atoms with Gasteiger partial charge in [-0.25, -0.2) is 4.79 Å². The molecular weight excluding hydrogens is 240 g/mol. The lowest BCUT2D eigenvalue weighted by atomic mass is 10.2. The van der Waals surface area contributed by atoms with Crippen molar-refractivity contribution in [3.05, 3.63) is 65.9 Å². The van der Waals surface area contributed by atoms with Gasteiger partial charge in [0.2, 0.25) is 5.76 Å². The molecule has 0 spiro atoms. The Kier molecular flexibility index (Phi) is 2.80. The van der Waals surface area contributed by atoms with E-state index in [0.717, 1.165) is 10.9 Å². The van der Waals surface area contributed by atoms with Gasteiger partial charge in [-0.15, -0.1) is 0 Å². The Morgan fingerprint density at radius 3 is 2.68 bits per heavy atom. The van der Waals surface area contributed by atoms with E-state index in [9.17, 15) is 4.79 Å². The number of hydrogen-bond acceptors (Lipinski definition) is 3. The quantitative estimate of drug-likeness (QED) is 0.512. The summed E-state index contributed by atoms with van der Waals surface area (Å²) in [6, 6.07) is 16.5. The molecule has 3 heteroatoms. The first kappa shape index (κ1) is 11.5. The molecule has 3 rings (SSSR count). The maximum absolute atomic E-state index is 12.0. The first-order valence-corrected chi connectivity index (χ1v) is 6.00. The molecule has 0 N–H and O–H groups in total. The normalized spacial score (nSPS) is 10.6. The Labute approximate surface area is 110 Å². The first-order valence-electron chi connectivity index (χ1n) is 6.00. The minimum Gasteiger partial charge on any atom is -0.449 e. The minimum atomic E-state index is -0.484. The van der Waals surface area contributed by atoms with E-state index < -0.39 is 5.97 Å². The van der Waals surface area contributed by atoms with Crippen LogP contribution in [0.25, 0.3) is 11.0 Å². The first-order chi connectivity index (χ1) is 9.22. The molecule has 0 saturated heterocycles. The zero-order chi connectivity index (χ0) is 13.2. The lowest BCUT2D eigenvalue weighted by Gasteiger charge is -2.02. The summed E-state index contributed by atoms with van der Waals surface area (Å²) < 4.78 is 10.7. The van der Waals surface area contributed by atoms with Crippen LogP contribution < -0.4 is 4.74 Å². The van der Waals surface area contributed by atoms with E-state index in [1.54, 1.807) is 18.2 Å². The lowest BCUT2D eigenvalue weighted by Crippen LogP contribution is -2.07. The maximum Gasteiger partial charge on any atom is 0.379 e. The van der Waals surface area contributed by atoms with Crippen molar-refractivity contribution in [1.29, 1.82) is 0 Å². The van der Waals surface area contributed by atoms with E-state index in [2.05, 4.69) is 0 Å². The molecule has 0 aliphatic rings. The SMILES string of the molecule is Cc1cccc(OC(=O)c2cc3ccccc3o2)c1. The van der Waals surface area contributed by atoms with Crippen LogP contribution in [-0.4, -0.2) is 5.97 Å². The molecule has 19 heavy (non-hydrogen) atoms. The number of benzene rings is 2. The van der Waals surface area contributed by atoms with Crippen molar-refractivity contribution in [2.24, 2.45) is 0 Å². The number of carbonyl (C=O) groups is 1. The maximum atomic E-state index is 12.0. The summed E-state index contributed by atoms with van der Waals surface area (Å²) in [6.45, 7) is 1.94. The summed E-state index contributed by atoms with van der Waals surface area (Å²) in [7, 11) is 0. The number of para-hydroxylation sites is 1. The number of aryl methyl sites for hydroxylation is 1. The number of carbonyl (C=O) groups excluding carboxylic acids is 1. The molecule has 0 aliphatic carbocycles. The molecule has 0 bridgehead atoms. The standard InChI is InChI=1S/C16H12O3/c1-11-5-4-7-13(9-11)18-16(17)15-10-12-6-2-3-8-14(12)19-15/h2-10H,1H3. The van der Waals surface area contributed by atoms with E-state index in [-0.39, 0.29) is 5.76 Å². The zero-order valence-corrected chi connectivity index (χ0v) is 10.4. The van der Waals surface area contributed by atoms with Crippen LogP contribution in [0.1, 0.15) is 16.1 Å². The molecule has 3 aromatic rings. The Bertz CT molecular complexity index is 707. The fraction of sp³-hybridized carbons (Fsp3) is 0.0625. The van der Waals surface area contributed by atoms with Crippen LogP contribution >= 0.6 is 0 Å². The van der Waals surface area contributed by atoms with Crippen LogP contribution in [0.4, 0.5) is 0 Å². The van der Waals surface area contributed by atoms with Gasteiger partial charge in [0.25, 0.3) is 0 Å². The lowest BCUT2D eigenvalue weighted by molar-refractivity contribution is 0.0704. The fourth-order valence-electron chi connectivity index (χ4n) is 1.92. The number of hydrogen-bond donors (Lipinski definition) is 0. The van der Waals surface area contributed by atoms with Crippen LogP contribution in [-0.2, 0) is 0 Å². The molecule has 0 saturated carbocycles. The largest absolute Gasteiger partial charge is 0.449 e. The van der Waals surface area contributed by atoms with Gasteiger partial charge in [0.05, 0.1) is 0 Å². The van der Waals surface area contributed by atoms with E-state index in [1.165, 1.54) is 0 Å². The fourth-order valence-corrected chi connectivity index (χ4v) is 1.92.